The second-order valence-corrected chi connectivity index (χ2v) is 7.16. The smallest absolute Gasteiger partial charge is 0.318 e. The van der Waals surface area contributed by atoms with Crippen molar-refractivity contribution in [1.29, 1.82) is 0 Å². The van der Waals surface area contributed by atoms with Crippen molar-refractivity contribution >= 4 is 34.9 Å². The van der Waals surface area contributed by atoms with Crippen molar-refractivity contribution in [1.82, 2.24) is 10.2 Å². The van der Waals surface area contributed by atoms with Crippen LogP contribution in [0, 0.1) is 5.92 Å². The number of carboxylic acid groups (broad SMARTS) is 1. The Bertz CT molecular complexity index is 534. The average Bonchev–Trinajstić information content (AvgIpc) is 2.85. The number of amides is 2. The van der Waals surface area contributed by atoms with Gasteiger partial charge in [-0.3, -0.25) is 4.79 Å². The number of rotatable bonds is 3. The summed E-state index contributed by atoms with van der Waals surface area (Å²) in [4.78, 5) is 26.0. The van der Waals surface area contributed by atoms with Gasteiger partial charge in [0.05, 0.1) is 16.3 Å². The lowest BCUT2D eigenvalue weighted by Gasteiger charge is -2.36. The maximum absolute atomic E-state index is 12.3. The van der Waals surface area contributed by atoms with Crippen LogP contribution in [0.25, 0.3) is 0 Å². The van der Waals surface area contributed by atoms with E-state index in [-0.39, 0.29) is 24.0 Å². The number of carbonyl (C=O) groups is 2. The summed E-state index contributed by atoms with van der Waals surface area (Å²) in [6.45, 7) is 4.28. The molecule has 0 aromatic carbocycles. The largest absolute Gasteiger partial charge is 0.481 e. The fourth-order valence-corrected chi connectivity index (χ4v) is 3.66. The number of hydrogen-bond acceptors (Lipinski definition) is 3. The minimum Gasteiger partial charge on any atom is -0.481 e. The monoisotopic (exact) mass is 330 g/mol. The molecule has 0 radical (unpaired) electrons. The van der Waals surface area contributed by atoms with E-state index in [0.717, 1.165) is 4.88 Å². The van der Waals surface area contributed by atoms with Crippen molar-refractivity contribution in [2.75, 3.05) is 6.54 Å². The van der Waals surface area contributed by atoms with E-state index in [2.05, 4.69) is 5.32 Å². The summed E-state index contributed by atoms with van der Waals surface area (Å²) < 4.78 is 0.696. The third-order valence-electron chi connectivity index (χ3n) is 3.85. The summed E-state index contributed by atoms with van der Waals surface area (Å²) in [5.41, 5.74) is 0. The Balaban J connectivity index is 1.93. The molecule has 2 amide bonds. The van der Waals surface area contributed by atoms with Gasteiger partial charge in [-0.25, -0.2) is 4.79 Å². The number of aliphatic carboxylic acids is 1. The predicted molar refractivity (Wildman–Crippen MR) is 82.8 cm³/mol. The Kier molecular flexibility index (Phi) is 5.11. The molecule has 1 aliphatic rings. The van der Waals surface area contributed by atoms with Gasteiger partial charge in [-0.05, 0) is 38.8 Å². The lowest BCUT2D eigenvalue weighted by Crippen LogP contribution is -2.50. The number of nitrogens with zero attached hydrogens (tertiary/aromatic N) is 1. The van der Waals surface area contributed by atoms with E-state index < -0.39 is 5.97 Å². The number of piperidine rings is 1. The van der Waals surface area contributed by atoms with E-state index in [9.17, 15) is 9.59 Å². The molecule has 0 spiro atoms. The third-order valence-corrected chi connectivity index (χ3v) is 5.26. The molecule has 1 aromatic heterocycles. The molecular weight excluding hydrogens is 312 g/mol. The summed E-state index contributed by atoms with van der Waals surface area (Å²) in [6, 6.07) is 3.38. The number of urea groups is 1. The minimum absolute atomic E-state index is 0.0704. The molecule has 1 saturated heterocycles. The van der Waals surface area contributed by atoms with Crippen molar-refractivity contribution in [2.24, 2.45) is 5.92 Å². The summed E-state index contributed by atoms with van der Waals surface area (Å²) in [5, 5.41) is 12.0. The van der Waals surface area contributed by atoms with Gasteiger partial charge in [-0.2, -0.15) is 0 Å². The van der Waals surface area contributed by atoms with Crippen molar-refractivity contribution in [2.45, 2.75) is 38.8 Å². The lowest BCUT2D eigenvalue weighted by molar-refractivity contribution is -0.143. The highest BCUT2D eigenvalue weighted by Crippen LogP contribution is 2.28. The molecule has 7 heteroatoms. The van der Waals surface area contributed by atoms with Crippen LogP contribution in [0.15, 0.2) is 12.1 Å². The first-order valence-corrected chi connectivity index (χ1v) is 8.13. The molecule has 2 rings (SSSR count). The topological polar surface area (TPSA) is 69.6 Å². The normalized spacial score (nSPS) is 23.7. The van der Waals surface area contributed by atoms with Crippen LogP contribution in [-0.4, -0.2) is 34.6 Å². The first-order valence-electron chi connectivity index (χ1n) is 6.93. The highest BCUT2D eigenvalue weighted by molar-refractivity contribution is 7.16. The number of halogens is 1. The number of thiophene rings is 1. The summed E-state index contributed by atoms with van der Waals surface area (Å²) in [5.74, 6) is -1.12. The molecule has 1 aromatic rings. The Morgan fingerprint density at radius 1 is 1.52 bits per heavy atom. The highest BCUT2D eigenvalue weighted by atomic mass is 35.5. The van der Waals surface area contributed by atoms with Crippen molar-refractivity contribution in [3.63, 3.8) is 0 Å². The summed E-state index contributed by atoms with van der Waals surface area (Å²) in [7, 11) is 0. The molecular formula is C14H19ClN2O3S. The van der Waals surface area contributed by atoms with Gasteiger partial charge in [0.25, 0.3) is 0 Å². The molecule has 2 N–H and O–H groups in total. The van der Waals surface area contributed by atoms with Crippen LogP contribution in [0.2, 0.25) is 4.34 Å². The maximum Gasteiger partial charge on any atom is 0.318 e. The van der Waals surface area contributed by atoms with Crippen molar-refractivity contribution in [3.05, 3.63) is 21.3 Å². The second-order valence-electron chi connectivity index (χ2n) is 5.42. The van der Waals surface area contributed by atoms with E-state index in [0.29, 0.717) is 23.7 Å². The van der Waals surface area contributed by atoms with Gasteiger partial charge in [0.1, 0.15) is 0 Å². The first kappa shape index (κ1) is 16.1. The number of carbonyl (C=O) groups excluding carboxylic acids is 1. The fraction of sp³-hybridized carbons (Fsp3) is 0.571. The zero-order valence-electron chi connectivity index (χ0n) is 12.0. The van der Waals surface area contributed by atoms with E-state index >= 15 is 0 Å². The van der Waals surface area contributed by atoms with E-state index in [1.54, 1.807) is 4.90 Å². The molecule has 0 bridgehead atoms. The number of hydrogen-bond donors (Lipinski definition) is 2. The molecule has 3 atom stereocenters. The van der Waals surface area contributed by atoms with Gasteiger partial charge in [0, 0.05) is 17.5 Å². The van der Waals surface area contributed by atoms with Gasteiger partial charge in [-0.15, -0.1) is 11.3 Å². The SMILES string of the molecule is CC(NC(=O)N1CCC(C(=O)O)CC1C)c1ccc(Cl)s1. The van der Waals surface area contributed by atoms with Gasteiger partial charge in [0.15, 0.2) is 0 Å². The quantitative estimate of drug-likeness (QED) is 0.892. The Hall–Kier alpha value is -1.27. The van der Waals surface area contributed by atoms with Crippen molar-refractivity contribution < 1.29 is 14.7 Å². The van der Waals surface area contributed by atoms with Crippen molar-refractivity contribution in [3.8, 4) is 0 Å². The third kappa shape index (κ3) is 3.89. The molecule has 5 nitrogen and oxygen atoms in total. The van der Waals surface area contributed by atoms with Crippen LogP contribution >= 0.6 is 22.9 Å². The first-order chi connectivity index (χ1) is 9.88. The van der Waals surface area contributed by atoms with Gasteiger partial charge < -0.3 is 15.3 Å². The Labute approximate surface area is 132 Å². The van der Waals surface area contributed by atoms with Gasteiger partial charge in [0.2, 0.25) is 0 Å². The van der Waals surface area contributed by atoms with Crippen LogP contribution in [0.4, 0.5) is 4.79 Å². The van der Waals surface area contributed by atoms with Crippen LogP contribution in [0.1, 0.15) is 37.6 Å². The number of carboxylic acids is 1. The van der Waals surface area contributed by atoms with E-state index in [1.165, 1.54) is 11.3 Å². The standard InChI is InChI=1S/C14H19ClN2O3S/c1-8-7-10(13(18)19)5-6-17(8)14(20)16-9(2)11-3-4-12(15)21-11/h3-4,8-10H,5-7H2,1-2H3,(H,16,20)(H,18,19). The zero-order valence-corrected chi connectivity index (χ0v) is 13.6. The Morgan fingerprint density at radius 2 is 2.24 bits per heavy atom. The molecule has 0 aliphatic carbocycles. The van der Waals surface area contributed by atoms with Gasteiger partial charge >= 0.3 is 12.0 Å². The summed E-state index contributed by atoms with van der Waals surface area (Å²) in [6.07, 6.45) is 1.01. The fourth-order valence-electron chi connectivity index (χ4n) is 2.60. The van der Waals surface area contributed by atoms with Gasteiger partial charge in [-0.1, -0.05) is 11.6 Å². The molecule has 2 heterocycles. The maximum atomic E-state index is 12.3. The molecule has 1 fully saturated rings. The number of likely N-dealkylation sites (tertiary alicyclic amines) is 1. The number of nitrogens with one attached hydrogen (secondary N) is 1. The van der Waals surface area contributed by atoms with Crippen LogP contribution in [0.3, 0.4) is 0 Å². The molecule has 116 valence electrons. The van der Waals surface area contributed by atoms with E-state index in [1.807, 2.05) is 26.0 Å². The Morgan fingerprint density at radius 3 is 2.76 bits per heavy atom. The minimum atomic E-state index is -0.775. The van der Waals surface area contributed by atoms with E-state index in [4.69, 9.17) is 16.7 Å². The lowest BCUT2D eigenvalue weighted by atomic mass is 9.92. The second kappa shape index (κ2) is 6.66. The van der Waals surface area contributed by atoms with Crippen LogP contribution in [-0.2, 0) is 4.79 Å². The zero-order chi connectivity index (χ0) is 15.6. The van der Waals surface area contributed by atoms with Crippen LogP contribution in [0.5, 0.6) is 0 Å². The molecule has 3 unspecified atom stereocenters. The predicted octanol–water partition coefficient (Wildman–Crippen LogP) is 3.36. The molecule has 21 heavy (non-hydrogen) atoms. The summed E-state index contributed by atoms with van der Waals surface area (Å²) >= 11 is 7.34. The molecule has 0 saturated carbocycles. The van der Waals surface area contributed by atoms with Crippen LogP contribution < -0.4 is 5.32 Å². The highest BCUT2D eigenvalue weighted by Gasteiger charge is 2.32. The average molecular weight is 331 g/mol. The molecule has 1 aliphatic heterocycles.